The van der Waals surface area contributed by atoms with E-state index in [0.717, 1.165) is 24.8 Å². The average molecular weight is 545 g/mol. The number of hydrogen-bond donors (Lipinski definition) is 1. The molecule has 206 valence electrons. The van der Waals surface area contributed by atoms with E-state index in [1.807, 2.05) is 13.0 Å². The minimum absolute atomic E-state index is 0.0859. The number of nitrogens with one attached hydrogen (secondary N) is 1. The normalized spacial score (nSPS) is 21.6. The number of hydrogen-bond acceptors (Lipinski definition) is 6. The summed E-state index contributed by atoms with van der Waals surface area (Å²) in [6.07, 6.45) is 2.91. The van der Waals surface area contributed by atoms with Crippen LogP contribution in [-0.4, -0.2) is 73.0 Å². The van der Waals surface area contributed by atoms with Gasteiger partial charge in [0.15, 0.2) is 0 Å². The number of aryl methyl sites for hydroxylation is 1. The van der Waals surface area contributed by atoms with E-state index in [9.17, 15) is 18.8 Å². The summed E-state index contributed by atoms with van der Waals surface area (Å²) in [7, 11) is 0. The van der Waals surface area contributed by atoms with Gasteiger partial charge in [-0.1, -0.05) is 12.1 Å². The van der Waals surface area contributed by atoms with Crippen LogP contribution in [0.1, 0.15) is 58.9 Å². The molecule has 3 aliphatic heterocycles. The van der Waals surface area contributed by atoms with Crippen molar-refractivity contribution in [2.75, 3.05) is 19.8 Å². The maximum atomic E-state index is 14.1. The lowest BCUT2D eigenvalue weighted by Gasteiger charge is -2.40. The summed E-state index contributed by atoms with van der Waals surface area (Å²) in [6, 6.07) is 9.13. The smallest absolute Gasteiger partial charge is 0.294 e. The fourth-order valence-electron chi connectivity index (χ4n) is 6.55. The van der Waals surface area contributed by atoms with E-state index < -0.39 is 6.04 Å². The largest absolute Gasteiger partial charge is 0.381 e. The molecule has 1 N–H and O–H groups in total. The number of ether oxygens (including phenoxy) is 1. The summed E-state index contributed by atoms with van der Waals surface area (Å²) in [5.74, 6) is 0.195. The number of likely N-dealkylation sites (tertiary alicyclic amines) is 1. The van der Waals surface area contributed by atoms with E-state index in [1.54, 1.807) is 32.4 Å². The molecule has 2 unspecified atom stereocenters. The van der Waals surface area contributed by atoms with Gasteiger partial charge in [-0.05, 0) is 68.0 Å². The second kappa shape index (κ2) is 9.51. The fourth-order valence-corrected chi connectivity index (χ4v) is 6.55. The van der Waals surface area contributed by atoms with Gasteiger partial charge in [0, 0.05) is 37.8 Å². The Morgan fingerprint density at radius 3 is 2.62 bits per heavy atom. The molecule has 0 spiro atoms. The minimum atomic E-state index is -0.537. The molecule has 11 heteroatoms. The van der Waals surface area contributed by atoms with Crippen molar-refractivity contribution in [2.45, 2.75) is 57.2 Å². The van der Waals surface area contributed by atoms with E-state index in [4.69, 9.17) is 4.74 Å². The third-order valence-electron chi connectivity index (χ3n) is 8.59. The van der Waals surface area contributed by atoms with Gasteiger partial charge >= 0.3 is 0 Å². The number of benzene rings is 2. The van der Waals surface area contributed by atoms with Gasteiger partial charge in [-0.25, -0.2) is 4.39 Å². The van der Waals surface area contributed by atoms with Crippen LogP contribution in [0.4, 0.5) is 4.39 Å². The summed E-state index contributed by atoms with van der Waals surface area (Å²) in [5, 5.41) is 8.56. The minimum Gasteiger partial charge on any atom is -0.381 e. The number of fused-ring (bicyclic) bond motifs is 5. The molecule has 0 aliphatic carbocycles. The van der Waals surface area contributed by atoms with Crippen molar-refractivity contribution in [3.05, 3.63) is 75.1 Å². The summed E-state index contributed by atoms with van der Waals surface area (Å²) in [5.41, 5.74) is 3.18. The highest BCUT2D eigenvalue weighted by molar-refractivity contribution is 6.02. The zero-order valence-electron chi connectivity index (χ0n) is 22.1. The second-order valence-electron chi connectivity index (χ2n) is 11.0. The third kappa shape index (κ3) is 3.98. The van der Waals surface area contributed by atoms with E-state index in [2.05, 4.69) is 15.2 Å². The van der Waals surface area contributed by atoms with E-state index in [1.165, 1.54) is 12.1 Å². The van der Waals surface area contributed by atoms with Gasteiger partial charge in [0.1, 0.15) is 17.7 Å². The predicted octanol–water partition coefficient (Wildman–Crippen LogP) is 2.93. The Bertz CT molecular complexity index is 1710. The number of nitrogens with zero attached hydrogens (tertiary/aromatic N) is 5. The molecule has 3 aliphatic rings. The molecule has 3 fully saturated rings. The van der Waals surface area contributed by atoms with Crippen LogP contribution in [0.5, 0.6) is 0 Å². The molecule has 4 aromatic rings. The lowest BCUT2D eigenvalue weighted by Crippen LogP contribution is -2.58. The van der Waals surface area contributed by atoms with Crippen molar-refractivity contribution >= 4 is 28.5 Å². The van der Waals surface area contributed by atoms with Crippen LogP contribution >= 0.6 is 0 Å². The first kappa shape index (κ1) is 24.9. The van der Waals surface area contributed by atoms with Crippen LogP contribution in [0.25, 0.3) is 16.7 Å². The van der Waals surface area contributed by atoms with Crippen molar-refractivity contribution in [1.82, 2.24) is 29.4 Å². The first-order valence-electron chi connectivity index (χ1n) is 13.7. The zero-order chi connectivity index (χ0) is 27.5. The Balaban J connectivity index is 1.24. The maximum Gasteiger partial charge on any atom is 0.294 e. The van der Waals surface area contributed by atoms with Crippen LogP contribution in [-0.2, 0) is 16.1 Å². The zero-order valence-corrected chi connectivity index (χ0v) is 22.1. The maximum absolute atomic E-state index is 14.1. The lowest BCUT2D eigenvalue weighted by molar-refractivity contribution is -0.140. The van der Waals surface area contributed by atoms with Crippen molar-refractivity contribution in [2.24, 2.45) is 0 Å². The molecule has 10 nitrogen and oxygen atoms in total. The number of rotatable bonds is 4. The van der Waals surface area contributed by atoms with Crippen LogP contribution in [0.15, 0.2) is 41.2 Å². The second-order valence-corrected chi connectivity index (χ2v) is 11.0. The van der Waals surface area contributed by atoms with Crippen molar-refractivity contribution < 1.29 is 18.7 Å². The topological polar surface area (TPSA) is 113 Å². The molecule has 5 heterocycles. The molecule has 2 aromatic heterocycles. The Morgan fingerprint density at radius 1 is 1.07 bits per heavy atom. The standard InChI is InChI=1S/C29H29FN6O4/c1-16-12-22-24(36-25(18-8-10-40-11-9-18)32-33-26(36)27(37)31-22)13-21(16)28(38)35-20-6-7-23(35)29(39)34(15-20)14-17-2-4-19(30)5-3-17/h2-5,12-13,18,20,23H,6-11,14-15H2,1H3,(H,31,37). The predicted molar refractivity (Wildman–Crippen MR) is 143 cm³/mol. The number of carbonyl (C=O) groups is 2. The Morgan fingerprint density at radius 2 is 1.85 bits per heavy atom. The number of halogens is 1. The highest BCUT2D eigenvalue weighted by Gasteiger charge is 2.48. The van der Waals surface area contributed by atoms with E-state index in [0.29, 0.717) is 60.7 Å². The molecule has 3 saturated heterocycles. The Labute approximate surface area is 228 Å². The van der Waals surface area contributed by atoms with Gasteiger partial charge in [-0.3, -0.25) is 18.8 Å². The molecule has 40 heavy (non-hydrogen) atoms. The molecule has 0 saturated carbocycles. The van der Waals surface area contributed by atoms with Gasteiger partial charge in [0.2, 0.25) is 11.6 Å². The number of carbonyl (C=O) groups excluding carboxylic acids is 2. The Kier molecular flexibility index (Phi) is 5.92. The summed E-state index contributed by atoms with van der Waals surface area (Å²) >= 11 is 0. The molecular formula is C29H29FN6O4. The van der Waals surface area contributed by atoms with Gasteiger partial charge in [-0.2, -0.15) is 0 Å². The molecule has 2 amide bonds. The number of H-pyrrole nitrogens is 1. The first-order chi connectivity index (χ1) is 19.4. The highest BCUT2D eigenvalue weighted by Crippen LogP contribution is 2.35. The monoisotopic (exact) mass is 544 g/mol. The summed E-state index contributed by atoms with van der Waals surface area (Å²) in [6.45, 7) is 3.90. The number of aromatic nitrogens is 4. The van der Waals surface area contributed by atoms with Gasteiger partial charge in [-0.15, -0.1) is 10.2 Å². The Hall–Kier alpha value is -4.12. The molecule has 2 aromatic carbocycles. The quantitative estimate of drug-likeness (QED) is 0.423. The number of piperazine rings is 1. The van der Waals surface area contributed by atoms with Crippen LogP contribution in [0.2, 0.25) is 0 Å². The van der Waals surface area contributed by atoms with Crippen LogP contribution < -0.4 is 5.56 Å². The summed E-state index contributed by atoms with van der Waals surface area (Å²) in [4.78, 5) is 46.8. The van der Waals surface area contributed by atoms with E-state index in [-0.39, 0.29) is 40.8 Å². The first-order valence-corrected chi connectivity index (χ1v) is 13.7. The summed E-state index contributed by atoms with van der Waals surface area (Å²) < 4.78 is 20.6. The van der Waals surface area contributed by atoms with Gasteiger partial charge in [0.25, 0.3) is 11.5 Å². The third-order valence-corrected chi connectivity index (χ3v) is 8.59. The average Bonchev–Trinajstić information content (AvgIpc) is 3.55. The number of amides is 2. The van der Waals surface area contributed by atoms with Crippen LogP contribution in [0.3, 0.4) is 0 Å². The SMILES string of the molecule is Cc1cc2[nH]c(=O)c3nnc(C4CCOCC4)n3c2cc1C(=O)N1C2CCC1C(=O)N(Cc1ccc(F)cc1)C2. The van der Waals surface area contributed by atoms with E-state index >= 15 is 0 Å². The van der Waals surface area contributed by atoms with Crippen molar-refractivity contribution in [1.29, 1.82) is 0 Å². The van der Waals surface area contributed by atoms with Crippen molar-refractivity contribution in [3.63, 3.8) is 0 Å². The number of aromatic amines is 1. The molecular weight excluding hydrogens is 515 g/mol. The highest BCUT2D eigenvalue weighted by atomic mass is 19.1. The van der Waals surface area contributed by atoms with Gasteiger partial charge < -0.3 is 19.5 Å². The molecule has 0 radical (unpaired) electrons. The molecule has 2 atom stereocenters. The van der Waals surface area contributed by atoms with Gasteiger partial charge in [0.05, 0.1) is 17.1 Å². The molecule has 2 bridgehead atoms. The fraction of sp³-hybridized carbons (Fsp3) is 0.414. The molecule has 7 rings (SSSR count). The van der Waals surface area contributed by atoms with Crippen molar-refractivity contribution in [3.8, 4) is 0 Å². The lowest BCUT2D eigenvalue weighted by atomic mass is 9.99. The van der Waals surface area contributed by atoms with Crippen LogP contribution in [0, 0.1) is 12.7 Å².